The summed E-state index contributed by atoms with van der Waals surface area (Å²) in [6.07, 6.45) is 0.366. The first-order chi connectivity index (χ1) is 9.04. The molecule has 4 nitrogen and oxygen atoms in total. The normalized spacial score (nSPS) is 12.3. The average molecular weight is 277 g/mol. The first kappa shape index (κ1) is 13.5. The number of hydrogen-bond donors (Lipinski definition) is 2. The molecule has 0 spiro atoms. The average Bonchev–Trinajstić information content (AvgIpc) is 2.73. The number of hydrogen-bond acceptors (Lipinski definition) is 3. The van der Waals surface area contributed by atoms with E-state index in [2.05, 4.69) is 5.32 Å². The van der Waals surface area contributed by atoms with Gasteiger partial charge in [0.05, 0.1) is 4.88 Å². The van der Waals surface area contributed by atoms with Crippen LogP contribution < -0.4 is 5.32 Å². The molecule has 0 aliphatic heterocycles. The number of thiophene rings is 1. The van der Waals surface area contributed by atoms with Crippen LogP contribution in [-0.4, -0.2) is 23.0 Å². The predicted molar refractivity (Wildman–Crippen MR) is 75.7 cm³/mol. The quantitative estimate of drug-likeness (QED) is 0.903. The molecule has 19 heavy (non-hydrogen) atoms. The summed E-state index contributed by atoms with van der Waals surface area (Å²) in [6.45, 7) is 3.62. The van der Waals surface area contributed by atoms with E-state index in [9.17, 15) is 9.59 Å². The van der Waals surface area contributed by atoms with E-state index in [0.717, 1.165) is 15.6 Å². The van der Waals surface area contributed by atoms with Gasteiger partial charge in [0.25, 0.3) is 5.91 Å². The molecule has 0 fully saturated rings. The second-order valence-electron chi connectivity index (χ2n) is 4.32. The number of aliphatic carboxylic acids is 1. The summed E-state index contributed by atoms with van der Waals surface area (Å²) in [5.74, 6) is -1.32. The van der Waals surface area contributed by atoms with Gasteiger partial charge in [0.2, 0.25) is 0 Å². The second kappa shape index (κ2) is 5.40. The highest BCUT2D eigenvalue weighted by molar-refractivity contribution is 7.21. The van der Waals surface area contributed by atoms with E-state index in [1.807, 2.05) is 31.2 Å². The first-order valence-electron chi connectivity index (χ1n) is 6.06. The Morgan fingerprint density at radius 3 is 2.63 bits per heavy atom. The van der Waals surface area contributed by atoms with E-state index in [4.69, 9.17) is 5.11 Å². The summed E-state index contributed by atoms with van der Waals surface area (Å²) in [5, 5.41) is 12.6. The van der Waals surface area contributed by atoms with Crippen LogP contribution in [0, 0.1) is 6.92 Å². The SMILES string of the molecule is CC[C@H](NC(=O)c1sc2ccccc2c1C)C(=O)O. The molecule has 5 heteroatoms. The van der Waals surface area contributed by atoms with Crippen molar-refractivity contribution in [1.82, 2.24) is 5.32 Å². The minimum absolute atomic E-state index is 0.312. The Labute approximate surface area is 115 Å². The van der Waals surface area contributed by atoms with Crippen LogP contribution in [-0.2, 0) is 4.79 Å². The summed E-state index contributed by atoms with van der Waals surface area (Å²) in [6, 6.07) is 6.93. The van der Waals surface area contributed by atoms with Crippen molar-refractivity contribution in [2.75, 3.05) is 0 Å². The minimum atomic E-state index is -1.00. The van der Waals surface area contributed by atoms with Crippen molar-refractivity contribution in [3.05, 3.63) is 34.7 Å². The Balaban J connectivity index is 2.31. The summed E-state index contributed by atoms with van der Waals surface area (Å²) in [4.78, 5) is 23.7. The summed E-state index contributed by atoms with van der Waals surface area (Å²) in [7, 11) is 0. The Kier molecular flexibility index (Phi) is 3.85. The van der Waals surface area contributed by atoms with Crippen LogP contribution in [0.3, 0.4) is 0 Å². The van der Waals surface area contributed by atoms with Gasteiger partial charge in [0, 0.05) is 4.70 Å². The largest absolute Gasteiger partial charge is 0.480 e. The fraction of sp³-hybridized carbons (Fsp3) is 0.286. The lowest BCUT2D eigenvalue weighted by atomic mass is 10.1. The van der Waals surface area contributed by atoms with Gasteiger partial charge in [0.15, 0.2) is 0 Å². The van der Waals surface area contributed by atoms with E-state index in [1.54, 1.807) is 6.92 Å². The minimum Gasteiger partial charge on any atom is -0.480 e. The second-order valence-corrected chi connectivity index (χ2v) is 5.38. The van der Waals surface area contributed by atoms with Gasteiger partial charge in [-0.05, 0) is 30.4 Å². The van der Waals surface area contributed by atoms with Crippen molar-refractivity contribution in [2.45, 2.75) is 26.3 Å². The fourth-order valence-corrected chi connectivity index (χ4v) is 3.07. The van der Waals surface area contributed by atoms with Gasteiger partial charge in [0.1, 0.15) is 6.04 Å². The molecule has 100 valence electrons. The zero-order valence-electron chi connectivity index (χ0n) is 10.8. The smallest absolute Gasteiger partial charge is 0.326 e. The molecule has 0 radical (unpaired) electrons. The van der Waals surface area contributed by atoms with E-state index >= 15 is 0 Å². The molecular formula is C14H15NO3S. The number of nitrogens with one attached hydrogen (secondary N) is 1. The van der Waals surface area contributed by atoms with Crippen molar-refractivity contribution >= 4 is 33.3 Å². The molecule has 1 heterocycles. The third-order valence-electron chi connectivity index (χ3n) is 3.06. The summed E-state index contributed by atoms with van der Waals surface area (Å²) >= 11 is 1.39. The monoisotopic (exact) mass is 277 g/mol. The van der Waals surface area contributed by atoms with E-state index in [0.29, 0.717) is 11.3 Å². The van der Waals surface area contributed by atoms with E-state index < -0.39 is 12.0 Å². The first-order valence-corrected chi connectivity index (χ1v) is 6.88. The van der Waals surface area contributed by atoms with Gasteiger partial charge >= 0.3 is 5.97 Å². The maximum atomic E-state index is 12.1. The lowest BCUT2D eigenvalue weighted by molar-refractivity contribution is -0.139. The molecule has 1 aromatic carbocycles. The Bertz CT molecular complexity index is 633. The van der Waals surface area contributed by atoms with Gasteiger partial charge < -0.3 is 10.4 Å². The van der Waals surface area contributed by atoms with Crippen molar-refractivity contribution in [3.8, 4) is 0 Å². The molecule has 2 aromatic rings. The Morgan fingerprint density at radius 1 is 1.37 bits per heavy atom. The topological polar surface area (TPSA) is 66.4 Å². The number of aryl methyl sites for hydroxylation is 1. The number of carbonyl (C=O) groups excluding carboxylic acids is 1. The molecule has 2 rings (SSSR count). The molecule has 1 aromatic heterocycles. The number of benzene rings is 1. The zero-order valence-corrected chi connectivity index (χ0v) is 11.6. The molecule has 1 amide bonds. The van der Waals surface area contributed by atoms with Crippen molar-refractivity contribution in [2.24, 2.45) is 0 Å². The molecule has 0 saturated heterocycles. The third-order valence-corrected chi connectivity index (χ3v) is 4.33. The highest BCUT2D eigenvalue weighted by atomic mass is 32.1. The van der Waals surface area contributed by atoms with Gasteiger partial charge in [-0.1, -0.05) is 25.1 Å². The lowest BCUT2D eigenvalue weighted by Crippen LogP contribution is -2.40. The third kappa shape index (κ3) is 2.61. The van der Waals surface area contributed by atoms with E-state index in [-0.39, 0.29) is 5.91 Å². The van der Waals surface area contributed by atoms with E-state index in [1.165, 1.54) is 11.3 Å². The molecule has 0 unspecified atom stereocenters. The number of amides is 1. The fourth-order valence-electron chi connectivity index (χ4n) is 1.95. The highest BCUT2D eigenvalue weighted by Crippen LogP contribution is 2.30. The molecule has 0 bridgehead atoms. The number of fused-ring (bicyclic) bond motifs is 1. The van der Waals surface area contributed by atoms with Crippen LogP contribution in [0.2, 0.25) is 0 Å². The van der Waals surface area contributed by atoms with Gasteiger partial charge in [-0.2, -0.15) is 0 Å². The van der Waals surface area contributed by atoms with Crippen molar-refractivity contribution < 1.29 is 14.7 Å². The molecule has 0 aliphatic rings. The van der Waals surface area contributed by atoms with Crippen molar-refractivity contribution in [1.29, 1.82) is 0 Å². The van der Waals surface area contributed by atoms with Crippen LogP contribution in [0.25, 0.3) is 10.1 Å². The standard InChI is InChI=1S/C14H15NO3S/c1-3-10(14(17)18)15-13(16)12-8(2)9-6-4-5-7-11(9)19-12/h4-7,10H,3H2,1-2H3,(H,15,16)(H,17,18)/t10-/m0/s1. The summed E-state index contributed by atoms with van der Waals surface area (Å²) in [5.41, 5.74) is 0.901. The van der Waals surface area contributed by atoms with Crippen LogP contribution in [0.5, 0.6) is 0 Å². The molecule has 0 aliphatic carbocycles. The number of rotatable bonds is 4. The van der Waals surface area contributed by atoms with Gasteiger partial charge in [-0.25, -0.2) is 4.79 Å². The van der Waals surface area contributed by atoms with Crippen molar-refractivity contribution in [3.63, 3.8) is 0 Å². The Morgan fingerprint density at radius 2 is 2.05 bits per heavy atom. The molecular weight excluding hydrogens is 262 g/mol. The van der Waals surface area contributed by atoms with Crippen LogP contribution in [0.1, 0.15) is 28.6 Å². The lowest BCUT2D eigenvalue weighted by Gasteiger charge is -2.11. The molecule has 0 saturated carbocycles. The van der Waals surface area contributed by atoms with Crippen LogP contribution in [0.15, 0.2) is 24.3 Å². The summed E-state index contributed by atoms with van der Waals surface area (Å²) < 4.78 is 1.04. The number of carboxylic acid groups (broad SMARTS) is 1. The van der Waals surface area contributed by atoms with Crippen LogP contribution in [0.4, 0.5) is 0 Å². The Hall–Kier alpha value is -1.88. The molecule has 2 N–H and O–H groups in total. The zero-order chi connectivity index (χ0) is 14.0. The van der Waals surface area contributed by atoms with Gasteiger partial charge in [-0.3, -0.25) is 4.79 Å². The number of carboxylic acids is 1. The number of carbonyl (C=O) groups is 2. The predicted octanol–water partition coefficient (Wildman–Crippen LogP) is 2.80. The maximum absolute atomic E-state index is 12.1. The highest BCUT2D eigenvalue weighted by Gasteiger charge is 2.21. The maximum Gasteiger partial charge on any atom is 0.326 e. The van der Waals surface area contributed by atoms with Gasteiger partial charge in [-0.15, -0.1) is 11.3 Å². The van der Waals surface area contributed by atoms with Crippen LogP contribution >= 0.6 is 11.3 Å². The molecule has 1 atom stereocenters.